The fourth-order valence-electron chi connectivity index (χ4n) is 2.07. The van der Waals surface area contributed by atoms with Gasteiger partial charge in [-0.05, 0) is 37.5 Å². The Morgan fingerprint density at radius 3 is 2.81 bits per heavy atom. The maximum atomic E-state index is 13.6. The molecule has 4 heteroatoms. The summed E-state index contributed by atoms with van der Waals surface area (Å²) < 4.78 is 13.6. The second-order valence-corrected chi connectivity index (χ2v) is 4.15. The van der Waals surface area contributed by atoms with E-state index in [9.17, 15) is 4.39 Å². The molecule has 0 amide bonds. The molecule has 0 bridgehead atoms. The van der Waals surface area contributed by atoms with Crippen molar-refractivity contribution in [3.63, 3.8) is 0 Å². The molecule has 2 rings (SSSR count). The Morgan fingerprint density at radius 2 is 2.25 bits per heavy atom. The molecule has 1 aromatic rings. The molecular formula is C12H14FN3. The fraction of sp³-hybridized carbons (Fsp3) is 0.417. The summed E-state index contributed by atoms with van der Waals surface area (Å²) in [4.78, 5) is 0. The molecule has 2 unspecified atom stereocenters. The number of rotatable bonds is 2. The Labute approximate surface area is 94.1 Å². The molecule has 0 aromatic heterocycles. The Hall–Kier alpha value is -1.60. The van der Waals surface area contributed by atoms with E-state index in [0.717, 1.165) is 19.3 Å². The van der Waals surface area contributed by atoms with Crippen LogP contribution >= 0.6 is 0 Å². The van der Waals surface area contributed by atoms with Crippen molar-refractivity contribution in [3.8, 4) is 6.07 Å². The van der Waals surface area contributed by atoms with Gasteiger partial charge in [0.1, 0.15) is 5.82 Å². The summed E-state index contributed by atoms with van der Waals surface area (Å²) in [5, 5.41) is 11.7. The fourth-order valence-corrected chi connectivity index (χ4v) is 2.07. The highest BCUT2D eigenvalue weighted by atomic mass is 19.1. The second kappa shape index (κ2) is 4.50. The van der Waals surface area contributed by atoms with E-state index in [1.165, 1.54) is 6.07 Å². The van der Waals surface area contributed by atoms with Gasteiger partial charge in [0.25, 0.3) is 0 Å². The number of halogens is 1. The van der Waals surface area contributed by atoms with Crippen LogP contribution in [0.1, 0.15) is 24.8 Å². The monoisotopic (exact) mass is 219 g/mol. The smallest absolute Gasteiger partial charge is 0.147 e. The summed E-state index contributed by atoms with van der Waals surface area (Å²) in [5.41, 5.74) is 6.66. The van der Waals surface area contributed by atoms with Crippen LogP contribution in [0.25, 0.3) is 0 Å². The van der Waals surface area contributed by atoms with Crippen molar-refractivity contribution in [2.24, 2.45) is 5.73 Å². The molecule has 0 radical (unpaired) electrons. The predicted octanol–water partition coefficient (Wildman–Crippen LogP) is 1.99. The molecule has 3 nitrogen and oxygen atoms in total. The first-order valence-electron chi connectivity index (χ1n) is 5.42. The van der Waals surface area contributed by atoms with E-state index in [-0.39, 0.29) is 12.1 Å². The summed E-state index contributed by atoms with van der Waals surface area (Å²) in [5.74, 6) is -0.391. The van der Waals surface area contributed by atoms with Gasteiger partial charge in [0.05, 0.1) is 17.3 Å². The zero-order valence-electron chi connectivity index (χ0n) is 8.91. The third-order valence-electron chi connectivity index (χ3n) is 3.01. The van der Waals surface area contributed by atoms with Crippen LogP contribution < -0.4 is 11.1 Å². The van der Waals surface area contributed by atoms with Crippen LogP contribution in [-0.2, 0) is 0 Å². The molecule has 0 saturated heterocycles. The van der Waals surface area contributed by atoms with Gasteiger partial charge >= 0.3 is 0 Å². The van der Waals surface area contributed by atoms with Crippen LogP contribution in [0.15, 0.2) is 18.2 Å². The van der Waals surface area contributed by atoms with E-state index in [4.69, 9.17) is 11.0 Å². The lowest BCUT2D eigenvalue weighted by molar-refractivity contribution is 0.607. The maximum absolute atomic E-state index is 13.6. The number of hydrogen-bond donors (Lipinski definition) is 2. The average molecular weight is 219 g/mol. The summed E-state index contributed by atoms with van der Waals surface area (Å²) in [6.45, 7) is 0. The normalized spacial score (nSPS) is 24.1. The molecule has 1 aliphatic rings. The van der Waals surface area contributed by atoms with Gasteiger partial charge in [0.15, 0.2) is 0 Å². The van der Waals surface area contributed by atoms with E-state index in [1.807, 2.05) is 6.07 Å². The van der Waals surface area contributed by atoms with Gasteiger partial charge in [0.2, 0.25) is 0 Å². The highest BCUT2D eigenvalue weighted by Gasteiger charge is 2.24. The number of hydrogen-bond acceptors (Lipinski definition) is 3. The van der Waals surface area contributed by atoms with Gasteiger partial charge in [-0.3, -0.25) is 0 Å². The SMILES string of the molecule is N#Cc1ccc(NC2CCCC2N)c(F)c1. The lowest BCUT2D eigenvalue weighted by Crippen LogP contribution is -2.35. The molecule has 16 heavy (non-hydrogen) atoms. The van der Waals surface area contributed by atoms with Crippen LogP contribution in [0.5, 0.6) is 0 Å². The van der Waals surface area contributed by atoms with E-state index in [0.29, 0.717) is 11.3 Å². The van der Waals surface area contributed by atoms with Gasteiger partial charge in [-0.25, -0.2) is 4.39 Å². The van der Waals surface area contributed by atoms with E-state index >= 15 is 0 Å². The Bertz CT molecular complexity index is 425. The Morgan fingerprint density at radius 1 is 1.44 bits per heavy atom. The third-order valence-corrected chi connectivity index (χ3v) is 3.01. The highest BCUT2D eigenvalue weighted by molar-refractivity contribution is 5.49. The lowest BCUT2D eigenvalue weighted by atomic mass is 10.1. The molecule has 1 saturated carbocycles. The minimum Gasteiger partial charge on any atom is -0.378 e. The summed E-state index contributed by atoms with van der Waals surface area (Å²) >= 11 is 0. The van der Waals surface area contributed by atoms with E-state index in [1.54, 1.807) is 12.1 Å². The van der Waals surface area contributed by atoms with Gasteiger partial charge < -0.3 is 11.1 Å². The Balaban J connectivity index is 2.13. The molecule has 2 atom stereocenters. The lowest BCUT2D eigenvalue weighted by Gasteiger charge is -2.18. The topological polar surface area (TPSA) is 61.8 Å². The van der Waals surface area contributed by atoms with Crippen molar-refractivity contribution >= 4 is 5.69 Å². The van der Waals surface area contributed by atoms with Crippen molar-refractivity contribution in [2.75, 3.05) is 5.32 Å². The maximum Gasteiger partial charge on any atom is 0.147 e. The first-order valence-corrected chi connectivity index (χ1v) is 5.42. The molecule has 1 fully saturated rings. The van der Waals surface area contributed by atoms with Gasteiger partial charge in [-0.1, -0.05) is 0 Å². The van der Waals surface area contributed by atoms with E-state index < -0.39 is 5.82 Å². The summed E-state index contributed by atoms with van der Waals surface area (Å²) in [6, 6.07) is 6.58. The molecule has 0 aliphatic heterocycles. The standard InChI is InChI=1S/C12H14FN3/c13-9-6-8(7-14)4-5-11(9)16-12-3-1-2-10(12)15/h4-6,10,12,16H,1-3,15H2. The molecule has 1 aliphatic carbocycles. The van der Waals surface area contributed by atoms with Crippen molar-refractivity contribution in [1.82, 2.24) is 0 Å². The summed E-state index contributed by atoms with van der Waals surface area (Å²) in [6.07, 6.45) is 3.03. The van der Waals surface area contributed by atoms with Crippen LogP contribution in [-0.4, -0.2) is 12.1 Å². The zero-order valence-corrected chi connectivity index (χ0v) is 8.91. The molecule has 84 valence electrons. The van der Waals surface area contributed by atoms with Crippen LogP contribution in [0.2, 0.25) is 0 Å². The van der Waals surface area contributed by atoms with Gasteiger partial charge in [-0.15, -0.1) is 0 Å². The highest BCUT2D eigenvalue weighted by Crippen LogP contribution is 2.23. The summed E-state index contributed by atoms with van der Waals surface area (Å²) in [7, 11) is 0. The van der Waals surface area contributed by atoms with Crippen LogP contribution in [0.3, 0.4) is 0 Å². The molecule has 1 aromatic carbocycles. The Kier molecular flexibility index (Phi) is 3.07. The zero-order chi connectivity index (χ0) is 11.5. The van der Waals surface area contributed by atoms with Crippen LogP contribution in [0, 0.1) is 17.1 Å². The number of nitrogens with zero attached hydrogens (tertiary/aromatic N) is 1. The predicted molar refractivity (Wildman–Crippen MR) is 60.4 cm³/mol. The van der Waals surface area contributed by atoms with Crippen molar-refractivity contribution in [2.45, 2.75) is 31.3 Å². The average Bonchev–Trinajstić information content (AvgIpc) is 2.67. The second-order valence-electron chi connectivity index (χ2n) is 4.15. The molecular weight excluding hydrogens is 205 g/mol. The minimum absolute atomic E-state index is 0.0926. The number of anilines is 1. The van der Waals surface area contributed by atoms with Gasteiger partial charge in [0, 0.05) is 12.1 Å². The quantitative estimate of drug-likeness (QED) is 0.799. The molecule has 0 heterocycles. The van der Waals surface area contributed by atoms with E-state index in [2.05, 4.69) is 5.32 Å². The molecule has 0 spiro atoms. The van der Waals surface area contributed by atoms with Crippen molar-refractivity contribution in [1.29, 1.82) is 5.26 Å². The number of nitrogens with one attached hydrogen (secondary N) is 1. The molecule has 3 N–H and O–H groups in total. The largest absolute Gasteiger partial charge is 0.378 e. The number of benzene rings is 1. The first kappa shape index (κ1) is 10.9. The van der Waals surface area contributed by atoms with Crippen molar-refractivity contribution in [3.05, 3.63) is 29.6 Å². The first-order chi connectivity index (χ1) is 7.70. The number of nitriles is 1. The van der Waals surface area contributed by atoms with Crippen LogP contribution in [0.4, 0.5) is 10.1 Å². The van der Waals surface area contributed by atoms with Gasteiger partial charge in [-0.2, -0.15) is 5.26 Å². The number of nitrogens with two attached hydrogens (primary N) is 1. The third kappa shape index (κ3) is 2.15. The van der Waals surface area contributed by atoms with Crippen molar-refractivity contribution < 1.29 is 4.39 Å². The minimum atomic E-state index is -0.391.